The van der Waals surface area contributed by atoms with Crippen LogP contribution in [-0.2, 0) is 4.79 Å². The number of benzene rings is 1. The van der Waals surface area contributed by atoms with Crippen LogP contribution in [-0.4, -0.2) is 23.2 Å². The van der Waals surface area contributed by atoms with E-state index in [-0.39, 0.29) is 11.9 Å². The van der Waals surface area contributed by atoms with Gasteiger partial charge in [-0.2, -0.15) is 0 Å². The maximum Gasteiger partial charge on any atom is 0.229 e. The first-order valence-corrected chi connectivity index (χ1v) is 7.43. The molecule has 0 radical (unpaired) electrons. The van der Waals surface area contributed by atoms with E-state index in [2.05, 4.69) is 25.1 Å². The zero-order valence-electron chi connectivity index (χ0n) is 11.9. The van der Waals surface area contributed by atoms with Gasteiger partial charge in [0, 0.05) is 12.4 Å². The topological polar surface area (TPSA) is 20.3 Å². The first kappa shape index (κ1) is 14.4. The number of carbonyl (C=O) groups is 1. The van der Waals surface area contributed by atoms with Gasteiger partial charge in [0.25, 0.3) is 0 Å². The molecule has 2 rings (SSSR count). The minimum absolute atomic E-state index is 0.174. The van der Waals surface area contributed by atoms with Crippen LogP contribution >= 0.6 is 11.6 Å². The van der Waals surface area contributed by atoms with Crippen molar-refractivity contribution in [3.63, 3.8) is 0 Å². The highest BCUT2D eigenvalue weighted by molar-refractivity contribution is 6.19. The molecule has 1 aliphatic heterocycles. The van der Waals surface area contributed by atoms with Crippen molar-refractivity contribution in [2.45, 2.75) is 39.7 Å². The molecule has 1 fully saturated rings. The number of hydrogen-bond acceptors (Lipinski definition) is 1. The molecular weight excluding hydrogens is 258 g/mol. The lowest BCUT2D eigenvalue weighted by Crippen LogP contribution is -2.41. The number of carbonyl (C=O) groups excluding carboxylic acids is 1. The Morgan fingerprint density at radius 3 is 2.74 bits per heavy atom. The molecule has 0 aliphatic carbocycles. The minimum atomic E-state index is -0.479. The first-order valence-electron chi connectivity index (χ1n) is 6.90. The number of alkyl halides is 1. The molecule has 0 aromatic heterocycles. The van der Waals surface area contributed by atoms with Crippen molar-refractivity contribution >= 4 is 17.5 Å². The Bertz CT molecular complexity index is 470. The predicted molar refractivity (Wildman–Crippen MR) is 79.4 cm³/mol. The number of hydrogen-bond donors (Lipinski definition) is 0. The fourth-order valence-corrected chi connectivity index (χ4v) is 2.85. The van der Waals surface area contributed by atoms with Crippen LogP contribution in [0.5, 0.6) is 0 Å². The van der Waals surface area contributed by atoms with Crippen LogP contribution in [0.15, 0.2) is 24.3 Å². The van der Waals surface area contributed by atoms with Crippen molar-refractivity contribution in [2.75, 3.05) is 12.4 Å². The summed E-state index contributed by atoms with van der Waals surface area (Å²) < 4.78 is 0. The molecule has 0 N–H and O–H groups in total. The number of likely N-dealkylation sites (tertiary alicyclic amines) is 1. The summed E-state index contributed by atoms with van der Waals surface area (Å²) >= 11 is 5.94. The van der Waals surface area contributed by atoms with Gasteiger partial charge in [-0.3, -0.25) is 4.79 Å². The van der Waals surface area contributed by atoms with Gasteiger partial charge in [0.05, 0.1) is 11.5 Å². The van der Waals surface area contributed by atoms with Crippen LogP contribution in [0.25, 0.3) is 0 Å². The van der Waals surface area contributed by atoms with Gasteiger partial charge >= 0.3 is 0 Å². The van der Waals surface area contributed by atoms with E-state index in [1.165, 1.54) is 11.1 Å². The zero-order chi connectivity index (χ0) is 14.0. The smallest absolute Gasteiger partial charge is 0.229 e. The Morgan fingerprint density at radius 2 is 2.11 bits per heavy atom. The Labute approximate surface area is 120 Å². The van der Waals surface area contributed by atoms with Crippen LogP contribution in [0.4, 0.5) is 0 Å². The quantitative estimate of drug-likeness (QED) is 0.768. The Balaban J connectivity index is 2.28. The van der Waals surface area contributed by atoms with Gasteiger partial charge in [-0.15, -0.1) is 11.6 Å². The van der Waals surface area contributed by atoms with E-state index < -0.39 is 5.41 Å². The van der Waals surface area contributed by atoms with Gasteiger partial charge in [0.2, 0.25) is 5.91 Å². The molecule has 1 aromatic rings. The highest BCUT2D eigenvalue weighted by Gasteiger charge is 2.38. The fraction of sp³-hybridized carbons (Fsp3) is 0.562. The second kappa shape index (κ2) is 5.54. The van der Waals surface area contributed by atoms with Crippen molar-refractivity contribution in [2.24, 2.45) is 5.41 Å². The van der Waals surface area contributed by atoms with Gasteiger partial charge in [0.15, 0.2) is 0 Å². The highest BCUT2D eigenvalue weighted by atomic mass is 35.5. The first-order chi connectivity index (χ1) is 8.97. The molecule has 1 amide bonds. The fourth-order valence-electron chi connectivity index (χ4n) is 2.74. The predicted octanol–water partition coefficient (Wildman–Crippen LogP) is 3.92. The molecule has 0 spiro atoms. The van der Waals surface area contributed by atoms with E-state index in [1.54, 1.807) is 0 Å². The molecule has 1 aromatic carbocycles. The van der Waals surface area contributed by atoms with Gasteiger partial charge in [0.1, 0.15) is 0 Å². The number of rotatable bonds is 3. The Hall–Kier alpha value is -1.02. The van der Waals surface area contributed by atoms with Crippen molar-refractivity contribution in [1.29, 1.82) is 0 Å². The Kier molecular flexibility index (Phi) is 4.19. The molecule has 3 heteroatoms. The number of aryl methyl sites for hydroxylation is 1. The Morgan fingerprint density at radius 1 is 1.42 bits per heavy atom. The van der Waals surface area contributed by atoms with Crippen LogP contribution < -0.4 is 0 Å². The van der Waals surface area contributed by atoms with E-state index in [1.807, 2.05) is 24.8 Å². The molecule has 2 nitrogen and oxygen atoms in total. The molecule has 1 heterocycles. The van der Waals surface area contributed by atoms with Gasteiger partial charge in [-0.05, 0) is 44.7 Å². The molecular formula is C16H22ClNO. The molecule has 1 saturated heterocycles. The summed E-state index contributed by atoms with van der Waals surface area (Å²) in [5.41, 5.74) is 2.06. The van der Waals surface area contributed by atoms with Crippen molar-refractivity contribution in [3.8, 4) is 0 Å². The van der Waals surface area contributed by atoms with Crippen LogP contribution in [0.2, 0.25) is 0 Å². The van der Waals surface area contributed by atoms with Gasteiger partial charge in [-0.25, -0.2) is 0 Å². The maximum atomic E-state index is 12.6. The van der Waals surface area contributed by atoms with Gasteiger partial charge in [-0.1, -0.05) is 24.3 Å². The molecule has 1 aliphatic rings. The lowest BCUT2D eigenvalue weighted by molar-refractivity contribution is -0.140. The van der Waals surface area contributed by atoms with Crippen LogP contribution in [0.3, 0.4) is 0 Å². The summed E-state index contributed by atoms with van der Waals surface area (Å²) in [5.74, 6) is 0.538. The maximum absolute atomic E-state index is 12.6. The third-order valence-electron chi connectivity index (χ3n) is 3.97. The van der Waals surface area contributed by atoms with E-state index >= 15 is 0 Å². The molecule has 104 valence electrons. The molecule has 0 saturated carbocycles. The highest BCUT2D eigenvalue weighted by Crippen LogP contribution is 2.36. The monoisotopic (exact) mass is 279 g/mol. The number of halogens is 1. The van der Waals surface area contributed by atoms with Crippen LogP contribution in [0.1, 0.15) is 43.9 Å². The van der Waals surface area contributed by atoms with E-state index in [0.717, 1.165) is 19.4 Å². The number of amides is 1. The van der Waals surface area contributed by atoms with Crippen molar-refractivity contribution in [3.05, 3.63) is 35.4 Å². The number of nitrogens with zero attached hydrogens (tertiary/aromatic N) is 1. The normalized spacial score (nSPS) is 19.8. The second-order valence-corrected chi connectivity index (χ2v) is 6.30. The molecule has 1 unspecified atom stereocenters. The van der Waals surface area contributed by atoms with E-state index in [4.69, 9.17) is 11.6 Å². The summed E-state index contributed by atoms with van der Waals surface area (Å²) in [5, 5.41) is 0. The van der Waals surface area contributed by atoms with Crippen LogP contribution in [0, 0.1) is 12.3 Å². The van der Waals surface area contributed by atoms with Crippen molar-refractivity contribution < 1.29 is 4.79 Å². The van der Waals surface area contributed by atoms with Crippen molar-refractivity contribution in [1.82, 2.24) is 4.90 Å². The minimum Gasteiger partial charge on any atom is -0.335 e. The zero-order valence-corrected chi connectivity index (χ0v) is 12.7. The van der Waals surface area contributed by atoms with E-state index in [9.17, 15) is 4.79 Å². The summed E-state index contributed by atoms with van der Waals surface area (Å²) in [7, 11) is 0. The molecule has 0 bridgehead atoms. The third kappa shape index (κ3) is 2.79. The third-order valence-corrected chi connectivity index (χ3v) is 4.64. The summed E-state index contributed by atoms with van der Waals surface area (Å²) in [6, 6.07) is 8.57. The lowest BCUT2D eigenvalue weighted by atomic mass is 9.92. The average molecular weight is 280 g/mol. The summed E-state index contributed by atoms with van der Waals surface area (Å²) in [6.07, 6.45) is 2.12. The van der Waals surface area contributed by atoms with E-state index in [0.29, 0.717) is 5.88 Å². The average Bonchev–Trinajstić information content (AvgIpc) is 2.87. The lowest BCUT2D eigenvalue weighted by Gasteiger charge is -2.32. The largest absolute Gasteiger partial charge is 0.335 e. The summed E-state index contributed by atoms with van der Waals surface area (Å²) in [4.78, 5) is 14.7. The second-order valence-electron chi connectivity index (χ2n) is 6.03. The molecule has 19 heavy (non-hydrogen) atoms. The SMILES string of the molecule is Cc1ccccc1C1CCCN1C(=O)C(C)(C)CCl. The molecule has 1 atom stereocenters. The van der Waals surface area contributed by atoms with Gasteiger partial charge < -0.3 is 4.90 Å². The summed E-state index contributed by atoms with van der Waals surface area (Å²) in [6.45, 7) is 6.81. The standard InChI is InChI=1S/C16H22ClNO/c1-12-7-4-5-8-13(12)14-9-6-10-18(14)15(19)16(2,3)11-17/h4-5,7-8,14H,6,9-11H2,1-3H3.